The van der Waals surface area contributed by atoms with Gasteiger partial charge in [0, 0.05) is 23.8 Å². The zero-order valence-corrected chi connectivity index (χ0v) is 19.1. The predicted octanol–water partition coefficient (Wildman–Crippen LogP) is 4.70. The van der Waals surface area contributed by atoms with Crippen molar-refractivity contribution in [3.63, 3.8) is 0 Å². The fraction of sp³-hybridized carbons (Fsp3) is 0.348. The number of benzene rings is 2. The van der Waals surface area contributed by atoms with E-state index in [2.05, 4.69) is 23.2 Å². The molecule has 1 aromatic heterocycles. The van der Waals surface area contributed by atoms with E-state index in [1.54, 1.807) is 26.0 Å². The van der Waals surface area contributed by atoms with Crippen LogP contribution >= 0.6 is 11.8 Å². The first-order valence-corrected chi connectivity index (χ1v) is 11.1. The molecule has 0 unspecified atom stereocenters. The summed E-state index contributed by atoms with van der Waals surface area (Å²) in [5, 5.41) is 9.70. The maximum atomic E-state index is 11.6. The van der Waals surface area contributed by atoms with Gasteiger partial charge in [0.2, 0.25) is 0 Å². The van der Waals surface area contributed by atoms with Crippen molar-refractivity contribution < 1.29 is 19.0 Å². The molecule has 0 aliphatic rings. The molecule has 0 atom stereocenters. The molecule has 0 amide bonds. The van der Waals surface area contributed by atoms with Gasteiger partial charge in [0.1, 0.15) is 11.5 Å². The first-order valence-electron chi connectivity index (χ1n) is 10.1. The lowest BCUT2D eigenvalue weighted by Gasteiger charge is -2.14. The summed E-state index contributed by atoms with van der Waals surface area (Å²) >= 11 is 1.57. The summed E-state index contributed by atoms with van der Waals surface area (Å²) < 4.78 is 17.9. The number of hydrogen-bond donors (Lipinski definition) is 0. The van der Waals surface area contributed by atoms with E-state index in [-0.39, 0.29) is 5.97 Å². The molecule has 3 rings (SSSR count). The zero-order valence-electron chi connectivity index (χ0n) is 18.3. The molecule has 31 heavy (non-hydrogen) atoms. The van der Waals surface area contributed by atoms with Crippen LogP contribution in [0.4, 0.5) is 0 Å². The van der Waals surface area contributed by atoms with E-state index in [1.165, 1.54) is 0 Å². The number of thioether (sulfide) groups is 1. The third-order valence-corrected chi connectivity index (χ3v) is 5.68. The van der Waals surface area contributed by atoms with Crippen molar-refractivity contribution in [2.75, 3.05) is 26.6 Å². The first kappa shape index (κ1) is 22.7. The lowest BCUT2D eigenvalue weighted by molar-refractivity contribution is -0.143. The van der Waals surface area contributed by atoms with Crippen molar-refractivity contribution in [2.24, 2.45) is 0 Å². The Balaban J connectivity index is 1.96. The second-order valence-corrected chi connectivity index (χ2v) is 7.85. The number of methoxy groups -OCH3 is 2. The van der Waals surface area contributed by atoms with Crippen molar-refractivity contribution >= 4 is 17.7 Å². The third-order valence-electron chi connectivity index (χ3n) is 4.66. The highest BCUT2D eigenvalue weighted by atomic mass is 32.2. The van der Waals surface area contributed by atoms with Crippen LogP contribution in [0.1, 0.15) is 25.3 Å². The second-order valence-electron chi connectivity index (χ2n) is 6.79. The molecule has 3 aromatic rings. The standard InChI is InChI=1S/C23H27N3O4S/c1-5-30-21(27)11-8-12-31-23-25-24-22(26(23)20-10-7-6-9-16(20)2)17-13-18(28-3)15-19(14-17)29-4/h6-7,9-10,13-15H,5,8,11-12H2,1-4H3. The number of aryl methyl sites for hydroxylation is 1. The highest BCUT2D eigenvalue weighted by molar-refractivity contribution is 7.99. The fourth-order valence-electron chi connectivity index (χ4n) is 3.13. The average molecular weight is 442 g/mol. The van der Waals surface area contributed by atoms with E-state index in [1.807, 2.05) is 47.9 Å². The van der Waals surface area contributed by atoms with Crippen molar-refractivity contribution in [3.8, 4) is 28.6 Å². The molecule has 0 saturated heterocycles. The second kappa shape index (κ2) is 10.9. The van der Waals surface area contributed by atoms with Gasteiger partial charge in [-0.25, -0.2) is 0 Å². The lowest BCUT2D eigenvalue weighted by atomic mass is 10.1. The van der Waals surface area contributed by atoms with Crippen molar-refractivity contribution in [1.29, 1.82) is 0 Å². The summed E-state index contributed by atoms with van der Waals surface area (Å²) in [6.45, 7) is 4.27. The Morgan fingerprint density at radius 1 is 1.06 bits per heavy atom. The Hall–Kier alpha value is -3.00. The van der Waals surface area contributed by atoms with Gasteiger partial charge in [-0.05, 0) is 44.0 Å². The number of hydrogen-bond acceptors (Lipinski definition) is 7. The monoisotopic (exact) mass is 441 g/mol. The molecule has 0 saturated carbocycles. The van der Waals surface area contributed by atoms with Gasteiger partial charge in [-0.2, -0.15) is 0 Å². The van der Waals surface area contributed by atoms with Gasteiger partial charge < -0.3 is 14.2 Å². The van der Waals surface area contributed by atoms with Crippen molar-refractivity contribution in [2.45, 2.75) is 31.8 Å². The number of rotatable bonds is 10. The Morgan fingerprint density at radius 3 is 2.42 bits per heavy atom. The molecule has 2 aromatic carbocycles. The van der Waals surface area contributed by atoms with Crippen LogP contribution < -0.4 is 9.47 Å². The SMILES string of the molecule is CCOC(=O)CCCSc1nnc(-c2cc(OC)cc(OC)c2)n1-c1ccccc1C. The summed E-state index contributed by atoms with van der Waals surface area (Å²) in [7, 11) is 3.24. The van der Waals surface area contributed by atoms with E-state index in [4.69, 9.17) is 14.2 Å². The van der Waals surface area contributed by atoms with Gasteiger partial charge in [-0.1, -0.05) is 30.0 Å². The number of carbonyl (C=O) groups is 1. The Kier molecular flexibility index (Phi) is 7.94. The molecule has 0 aliphatic heterocycles. The Labute approximate surface area is 186 Å². The van der Waals surface area contributed by atoms with Gasteiger partial charge in [0.25, 0.3) is 0 Å². The minimum Gasteiger partial charge on any atom is -0.497 e. The summed E-state index contributed by atoms with van der Waals surface area (Å²) in [5.74, 6) is 2.60. The molecule has 0 aliphatic carbocycles. The van der Waals surface area contributed by atoms with Crippen LogP contribution in [0.5, 0.6) is 11.5 Å². The van der Waals surface area contributed by atoms with Gasteiger partial charge in [0.05, 0.1) is 26.5 Å². The van der Waals surface area contributed by atoms with Crippen LogP contribution in [-0.2, 0) is 9.53 Å². The minimum atomic E-state index is -0.173. The van der Waals surface area contributed by atoms with Crippen LogP contribution in [0.2, 0.25) is 0 Å². The Morgan fingerprint density at radius 2 is 1.77 bits per heavy atom. The van der Waals surface area contributed by atoms with E-state index in [0.717, 1.165) is 27.7 Å². The van der Waals surface area contributed by atoms with Crippen LogP contribution in [-0.4, -0.2) is 47.3 Å². The average Bonchev–Trinajstić information content (AvgIpc) is 3.20. The molecule has 0 spiro atoms. The maximum absolute atomic E-state index is 11.6. The number of ether oxygens (including phenoxy) is 3. The largest absolute Gasteiger partial charge is 0.497 e. The first-order chi connectivity index (χ1) is 15.1. The molecule has 1 heterocycles. The highest BCUT2D eigenvalue weighted by Crippen LogP contribution is 2.33. The normalized spacial score (nSPS) is 10.7. The molecular formula is C23H27N3O4S. The van der Waals surface area contributed by atoms with E-state index < -0.39 is 0 Å². The van der Waals surface area contributed by atoms with Crippen molar-refractivity contribution in [3.05, 3.63) is 48.0 Å². The highest BCUT2D eigenvalue weighted by Gasteiger charge is 2.19. The van der Waals surface area contributed by atoms with Gasteiger partial charge >= 0.3 is 5.97 Å². The zero-order chi connectivity index (χ0) is 22.2. The van der Waals surface area contributed by atoms with E-state index in [9.17, 15) is 4.79 Å². The van der Waals surface area contributed by atoms with Gasteiger partial charge in [-0.3, -0.25) is 9.36 Å². The van der Waals surface area contributed by atoms with Gasteiger partial charge in [0.15, 0.2) is 11.0 Å². The minimum absolute atomic E-state index is 0.173. The number of esters is 1. The number of para-hydroxylation sites is 1. The van der Waals surface area contributed by atoms with Crippen LogP contribution in [0.25, 0.3) is 17.1 Å². The third kappa shape index (κ3) is 5.58. The molecule has 8 heteroatoms. The van der Waals surface area contributed by atoms with E-state index >= 15 is 0 Å². The molecule has 0 N–H and O–H groups in total. The smallest absolute Gasteiger partial charge is 0.305 e. The molecule has 164 valence electrons. The molecule has 0 bridgehead atoms. The topological polar surface area (TPSA) is 75.5 Å². The number of aromatic nitrogens is 3. The summed E-state index contributed by atoms with van der Waals surface area (Å²) in [6.07, 6.45) is 1.09. The summed E-state index contributed by atoms with van der Waals surface area (Å²) in [4.78, 5) is 11.6. The molecule has 7 nitrogen and oxygen atoms in total. The van der Waals surface area contributed by atoms with Crippen molar-refractivity contribution in [1.82, 2.24) is 14.8 Å². The lowest BCUT2D eigenvalue weighted by Crippen LogP contribution is -2.05. The predicted molar refractivity (Wildman–Crippen MR) is 121 cm³/mol. The van der Waals surface area contributed by atoms with Crippen LogP contribution in [0.15, 0.2) is 47.6 Å². The quantitative estimate of drug-likeness (QED) is 0.256. The van der Waals surface area contributed by atoms with Gasteiger partial charge in [-0.15, -0.1) is 10.2 Å². The molecule has 0 radical (unpaired) electrons. The fourth-order valence-corrected chi connectivity index (χ4v) is 4.02. The van der Waals surface area contributed by atoms with E-state index in [0.29, 0.717) is 36.8 Å². The summed E-state index contributed by atoms with van der Waals surface area (Å²) in [6, 6.07) is 13.7. The Bertz CT molecular complexity index is 1010. The van der Waals surface area contributed by atoms with Crippen LogP contribution in [0, 0.1) is 6.92 Å². The molecule has 0 fully saturated rings. The maximum Gasteiger partial charge on any atom is 0.305 e. The number of carbonyl (C=O) groups excluding carboxylic acids is 1. The summed E-state index contributed by atoms with van der Waals surface area (Å²) in [5.41, 5.74) is 2.94. The number of nitrogens with zero attached hydrogens (tertiary/aromatic N) is 3. The van der Waals surface area contributed by atoms with Crippen LogP contribution in [0.3, 0.4) is 0 Å². The molecular weight excluding hydrogens is 414 g/mol.